The zero-order chi connectivity index (χ0) is 15.2. The number of unbranched alkanes of at least 4 members (excludes halogenated alkanes) is 1. The fraction of sp³-hybridized carbons (Fsp3) is 0.765. The van der Waals surface area contributed by atoms with Crippen LogP contribution in [0.15, 0.2) is 12.2 Å². The van der Waals surface area contributed by atoms with Gasteiger partial charge in [0.2, 0.25) is 5.91 Å². The summed E-state index contributed by atoms with van der Waals surface area (Å²) in [6.45, 7) is 4.85. The van der Waals surface area contributed by atoms with Gasteiger partial charge in [0, 0.05) is 12.5 Å². The number of amides is 2. The molecular weight excluding hydrogens is 286 g/mol. The number of nitrogens with zero attached hydrogens (tertiary/aromatic N) is 1. The second kappa shape index (κ2) is 5.42. The van der Waals surface area contributed by atoms with E-state index in [1.807, 2.05) is 6.08 Å². The second-order valence-corrected chi connectivity index (χ2v) is 7.43. The molecule has 0 spiro atoms. The molecule has 0 unspecified atom stereocenters. The molecule has 0 N–H and O–H groups in total. The van der Waals surface area contributed by atoms with E-state index in [0.717, 1.165) is 32.1 Å². The lowest BCUT2D eigenvalue weighted by atomic mass is 9.84. The monoisotopic (exact) mass is 309 g/mol. The molecule has 1 saturated carbocycles. The van der Waals surface area contributed by atoms with Crippen LogP contribution in [-0.4, -0.2) is 28.1 Å². The highest BCUT2D eigenvalue weighted by Gasteiger charge is 2.69. The minimum Gasteiger partial charge on any atom is -0.280 e. The molecule has 0 radical (unpaired) electrons. The third-order valence-electron chi connectivity index (χ3n) is 5.63. The van der Waals surface area contributed by atoms with Crippen LogP contribution in [0.4, 0.5) is 0 Å². The van der Waals surface area contributed by atoms with Crippen molar-refractivity contribution >= 4 is 23.4 Å². The Balaban J connectivity index is 1.77. The number of likely N-dealkylation sites (tertiary alicyclic amines) is 1. The Labute approximate surface area is 131 Å². The highest BCUT2D eigenvalue weighted by atomic mass is 35.5. The van der Waals surface area contributed by atoms with Crippen molar-refractivity contribution in [2.75, 3.05) is 6.54 Å². The van der Waals surface area contributed by atoms with Gasteiger partial charge in [-0.1, -0.05) is 45.3 Å². The van der Waals surface area contributed by atoms with Gasteiger partial charge >= 0.3 is 0 Å². The van der Waals surface area contributed by atoms with E-state index in [0.29, 0.717) is 12.5 Å². The standard InChI is InChI=1S/C17H24ClNO2/c1-3-5-6-11(4-2)10-19-15(20)14-12-7-8-13(9-12)17(14,18)16(19)21/h7-8,11-14H,3-6,9-10H2,1-2H3/t11-,12-,13-,14+,17+/m0/s1. The molecule has 3 rings (SSSR count). The Morgan fingerprint density at radius 2 is 2.14 bits per heavy atom. The van der Waals surface area contributed by atoms with Crippen LogP contribution in [0.25, 0.3) is 0 Å². The number of imide groups is 1. The van der Waals surface area contributed by atoms with E-state index in [-0.39, 0.29) is 29.6 Å². The van der Waals surface area contributed by atoms with Crippen LogP contribution in [-0.2, 0) is 9.59 Å². The lowest BCUT2D eigenvalue weighted by molar-refractivity contribution is -0.141. The summed E-state index contributed by atoms with van der Waals surface area (Å²) >= 11 is 6.67. The van der Waals surface area contributed by atoms with E-state index in [9.17, 15) is 9.59 Å². The normalized spacial score (nSPS) is 38.4. The summed E-state index contributed by atoms with van der Waals surface area (Å²) in [5.41, 5.74) is 0. The third-order valence-corrected chi connectivity index (χ3v) is 6.30. The molecule has 0 aromatic rings. The molecule has 21 heavy (non-hydrogen) atoms. The first-order valence-electron chi connectivity index (χ1n) is 8.27. The molecule has 3 nitrogen and oxygen atoms in total. The number of alkyl halides is 1. The van der Waals surface area contributed by atoms with Gasteiger partial charge in [0.05, 0.1) is 5.92 Å². The van der Waals surface area contributed by atoms with Crippen molar-refractivity contribution in [2.45, 2.75) is 50.8 Å². The van der Waals surface area contributed by atoms with Crippen LogP contribution < -0.4 is 0 Å². The smallest absolute Gasteiger partial charge is 0.251 e. The van der Waals surface area contributed by atoms with Crippen LogP contribution >= 0.6 is 11.6 Å². The lowest BCUT2D eigenvalue weighted by Gasteiger charge is -2.26. The summed E-state index contributed by atoms with van der Waals surface area (Å²) in [6.07, 6.45) is 9.37. The second-order valence-electron chi connectivity index (χ2n) is 6.81. The molecule has 1 aliphatic heterocycles. The fourth-order valence-corrected chi connectivity index (χ4v) is 4.82. The minimum absolute atomic E-state index is 0.0261. The Bertz CT molecular complexity index is 489. The zero-order valence-electron chi connectivity index (χ0n) is 12.8. The quantitative estimate of drug-likeness (QED) is 0.428. The summed E-state index contributed by atoms with van der Waals surface area (Å²) in [7, 11) is 0. The maximum absolute atomic E-state index is 12.8. The summed E-state index contributed by atoms with van der Waals surface area (Å²) in [5.74, 6) is 0.150. The number of hydrogen-bond acceptors (Lipinski definition) is 2. The van der Waals surface area contributed by atoms with Crippen LogP contribution in [0.3, 0.4) is 0 Å². The van der Waals surface area contributed by atoms with Crippen molar-refractivity contribution in [3.05, 3.63) is 12.2 Å². The topological polar surface area (TPSA) is 37.4 Å². The van der Waals surface area contributed by atoms with Gasteiger partial charge in [-0.15, -0.1) is 11.6 Å². The SMILES string of the molecule is CCCC[C@H](CC)CN1C(=O)[C@H]2[C@H]3C=C[C@@H](C3)[C@]2(Cl)C1=O. The number of carbonyl (C=O) groups is 2. The molecule has 2 bridgehead atoms. The van der Waals surface area contributed by atoms with Gasteiger partial charge in [0.15, 0.2) is 0 Å². The summed E-state index contributed by atoms with van der Waals surface area (Å²) in [6, 6.07) is 0. The van der Waals surface area contributed by atoms with Crippen molar-refractivity contribution in [3.63, 3.8) is 0 Å². The highest BCUT2D eigenvalue weighted by molar-refractivity contribution is 6.41. The third kappa shape index (κ3) is 2.08. The summed E-state index contributed by atoms with van der Waals surface area (Å²) < 4.78 is 0. The van der Waals surface area contributed by atoms with Gasteiger partial charge in [0.1, 0.15) is 4.87 Å². The molecule has 0 aromatic heterocycles. The van der Waals surface area contributed by atoms with Gasteiger partial charge < -0.3 is 0 Å². The molecule has 4 heteroatoms. The highest BCUT2D eigenvalue weighted by Crippen LogP contribution is 2.58. The molecule has 1 heterocycles. The van der Waals surface area contributed by atoms with Crippen molar-refractivity contribution in [3.8, 4) is 0 Å². The van der Waals surface area contributed by atoms with Crippen LogP contribution in [0.2, 0.25) is 0 Å². The van der Waals surface area contributed by atoms with Gasteiger partial charge in [-0.3, -0.25) is 14.5 Å². The van der Waals surface area contributed by atoms with E-state index in [1.54, 1.807) is 0 Å². The molecule has 2 aliphatic carbocycles. The zero-order valence-corrected chi connectivity index (χ0v) is 13.6. The Kier molecular flexibility index (Phi) is 3.89. The van der Waals surface area contributed by atoms with Gasteiger partial charge in [0.25, 0.3) is 5.91 Å². The Morgan fingerprint density at radius 1 is 1.38 bits per heavy atom. The maximum Gasteiger partial charge on any atom is 0.251 e. The number of allylic oxidation sites excluding steroid dienone is 2. The van der Waals surface area contributed by atoms with Crippen molar-refractivity contribution in [1.82, 2.24) is 4.90 Å². The summed E-state index contributed by atoms with van der Waals surface area (Å²) in [5, 5.41) is 0. The number of halogens is 1. The average molecular weight is 310 g/mol. The molecule has 0 aromatic carbocycles. The van der Waals surface area contributed by atoms with E-state index in [1.165, 1.54) is 4.90 Å². The summed E-state index contributed by atoms with van der Waals surface area (Å²) in [4.78, 5) is 26.0. The number of carbonyl (C=O) groups excluding carboxylic acids is 2. The van der Waals surface area contributed by atoms with E-state index in [2.05, 4.69) is 19.9 Å². The molecule has 3 aliphatic rings. The van der Waals surface area contributed by atoms with Crippen molar-refractivity contribution < 1.29 is 9.59 Å². The largest absolute Gasteiger partial charge is 0.280 e. The molecule has 1 saturated heterocycles. The fourth-order valence-electron chi connectivity index (χ4n) is 4.31. The van der Waals surface area contributed by atoms with Crippen LogP contribution in [0.5, 0.6) is 0 Å². The van der Waals surface area contributed by atoms with Crippen molar-refractivity contribution in [2.24, 2.45) is 23.7 Å². The van der Waals surface area contributed by atoms with Crippen molar-refractivity contribution in [1.29, 1.82) is 0 Å². The lowest BCUT2D eigenvalue weighted by Crippen LogP contribution is -2.42. The average Bonchev–Trinajstić information content (AvgIpc) is 3.10. The molecule has 2 amide bonds. The number of hydrogen-bond donors (Lipinski definition) is 0. The molecule has 2 fully saturated rings. The Hall–Kier alpha value is -0.830. The van der Waals surface area contributed by atoms with Gasteiger partial charge in [-0.25, -0.2) is 0 Å². The maximum atomic E-state index is 12.8. The van der Waals surface area contributed by atoms with E-state index < -0.39 is 4.87 Å². The Morgan fingerprint density at radius 3 is 2.76 bits per heavy atom. The van der Waals surface area contributed by atoms with Crippen LogP contribution in [0.1, 0.15) is 46.0 Å². The predicted octanol–water partition coefficient (Wildman–Crippen LogP) is 3.37. The van der Waals surface area contributed by atoms with Gasteiger partial charge in [-0.05, 0) is 24.7 Å². The van der Waals surface area contributed by atoms with Crippen LogP contribution in [0, 0.1) is 23.7 Å². The minimum atomic E-state index is -0.973. The number of fused-ring (bicyclic) bond motifs is 5. The molecular formula is C17H24ClNO2. The first-order valence-corrected chi connectivity index (χ1v) is 8.64. The number of rotatable bonds is 6. The van der Waals surface area contributed by atoms with E-state index >= 15 is 0 Å². The van der Waals surface area contributed by atoms with E-state index in [4.69, 9.17) is 11.6 Å². The molecule has 116 valence electrons. The predicted molar refractivity (Wildman–Crippen MR) is 82.8 cm³/mol. The van der Waals surface area contributed by atoms with Gasteiger partial charge in [-0.2, -0.15) is 0 Å². The molecule has 5 atom stereocenters. The first-order chi connectivity index (χ1) is 10.0. The first kappa shape index (κ1) is 15.1.